The van der Waals surface area contributed by atoms with Crippen molar-refractivity contribution >= 4 is 46.4 Å². The predicted molar refractivity (Wildman–Crippen MR) is 252 cm³/mol. The number of amides is 4. The molecule has 4 aliphatic rings. The zero-order chi connectivity index (χ0) is 46.3. The van der Waals surface area contributed by atoms with E-state index >= 15 is 0 Å². The van der Waals surface area contributed by atoms with Crippen LogP contribution in [-0.2, 0) is 43.2 Å². The number of fused-ring (bicyclic) bond motifs is 6. The molecule has 3 N–H and O–H groups in total. The third-order valence-corrected chi connectivity index (χ3v) is 15.1. The summed E-state index contributed by atoms with van der Waals surface area (Å²) in [5.41, 5.74) is 8.39. The van der Waals surface area contributed by atoms with E-state index in [4.69, 9.17) is 19.4 Å². The fourth-order valence-corrected chi connectivity index (χ4v) is 11.5. The number of hydrazine groups is 1. The number of ether oxygens (including phenoxy) is 2. The number of likely N-dealkylation sites (N-methyl/N-ethyl adjacent to an activating group) is 1. The Morgan fingerprint density at radius 1 is 1.12 bits per heavy atom. The number of nitrogens with one attached hydrogen (secondary N) is 3. The van der Waals surface area contributed by atoms with Crippen molar-refractivity contribution in [3.63, 3.8) is 0 Å². The predicted octanol–water partition coefficient (Wildman–Crippen LogP) is 6.15. The summed E-state index contributed by atoms with van der Waals surface area (Å²) in [6.07, 6.45) is 7.09. The van der Waals surface area contributed by atoms with Crippen LogP contribution in [0, 0.1) is 11.3 Å². The normalized spacial score (nSPS) is 24.6. The van der Waals surface area contributed by atoms with Crippen molar-refractivity contribution in [2.75, 3.05) is 53.6 Å². The number of aryl methyl sites for hydroxylation is 1. The lowest BCUT2D eigenvalue weighted by atomic mass is 9.78. The highest BCUT2D eigenvalue weighted by Crippen LogP contribution is 2.42. The Hall–Kier alpha value is -4.74. The summed E-state index contributed by atoms with van der Waals surface area (Å²) in [4.78, 5) is 70.0. The number of carbonyl (C=O) groups is 4. The summed E-state index contributed by atoms with van der Waals surface area (Å²) < 4.78 is 14.7. The highest BCUT2D eigenvalue weighted by molar-refractivity contribution is 7.10. The van der Waals surface area contributed by atoms with Gasteiger partial charge in [-0.1, -0.05) is 33.8 Å². The number of aldehydes is 1. The molecule has 1 spiro atoms. The van der Waals surface area contributed by atoms with Crippen LogP contribution in [0.2, 0.25) is 0 Å². The zero-order valence-electron chi connectivity index (χ0n) is 39.4. The van der Waals surface area contributed by atoms with E-state index in [2.05, 4.69) is 65.7 Å². The van der Waals surface area contributed by atoms with Crippen LogP contribution in [0.4, 0.5) is 4.79 Å². The smallest absolute Gasteiger partial charge is 0.320 e. The van der Waals surface area contributed by atoms with Gasteiger partial charge in [0.1, 0.15) is 23.9 Å². The van der Waals surface area contributed by atoms with Crippen molar-refractivity contribution in [3.8, 4) is 22.5 Å². The molecule has 4 amide bonds. The molecule has 3 aromatic heterocycles. The monoisotopic (exact) mass is 909 g/mol. The Balaban J connectivity index is 1.18. The van der Waals surface area contributed by atoms with Crippen LogP contribution < -0.4 is 16.1 Å². The number of benzene rings is 1. The molecule has 0 aliphatic carbocycles. The van der Waals surface area contributed by atoms with Crippen LogP contribution in [0.3, 0.4) is 0 Å². The number of aromatic nitrogens is 3. The van der Waals surface area contributed by atoms with Gasteiger partial charge >= 0.3 is 6.03 Å². The second-order valence-corrected chi connectivity index (χ2v) is 20.8. The van der Waals surface area contributed by atoms with Gasteiger partial charge in [-0.3, -0.25) is 19.6 Å². The zero-order valence-corrected chi connectivity index (χ0v) is 40.2. The number of piperidine rings is 1. The van der Waals surface area contributed by atoms with Crippen LogP contribution in [0.25, 0.3) is 33.4 Å². The van der Waals surface area contributed by atoms with E-state index in [1.165, 1.54) is 16.3 Å². The van der Waals surface area contributed by atoms with Gasteiger partial charge in [-0.2, -0.15) is 0 Å². The van der Waals surface area contributed by atoms with Gasteiger partial charge in [-0.05, 0) is 100 Å². The van der Waals surface area contributed by atoms with E-state index < -0.39 is 23.5 Å². The Morgan fingerprint density at radius 2 is 1.94 bits per heavy atom. The summed E-state index contributed by atoms with van der Waals surface area (Å²) in [6, 6.07) is 8.50. The molecule has 0 saturated carbocycles. The van der Waals surface area contributed by atoms with Crippen LogP contribution in [0.1, 0.15) is 96.0 Å². The minimum absolute atomic E-state index is 0.0538. The molecular weight excluding hydrogens is 843 g/mol. The summed E-state index contributed by atoms with van der Waals surface area (Å²) in [6.45, 7) is 16.1. The van der Waals surface area contributed by atoms with Gasteiger partial charge in [0.25, 0.3) is 5.91 Å². The van der Waals surface area contributed by atoms with E-state index in [-0.39, 0.29) is 47.9 Å². The number of methoxy groups -OCH3 is 1. The fourth-order valence-electron chi connectivity index (χ4n) is 10.6. The number of hydrogen-bond donors (Lipinski definition) is 3. The van der Waals surface area contributed by atoms with Gasteiger partial charge in [-0.25, -0.2) is 15.2 Å². The molecule has 0 unspecified atom stereocenters. The molecule has 5 atom stereocenters. The molecule has 8 rings (SSSR count). The van der Waals surface area contributed by atoms with Crippen molar-refractivity contribution < 1.29 is 28.7 Å². The average molecular weight is 910 g/mol. The van der Waals surface area contributed by atoms with Gasteiger partial charge in [0, 0.05) is 80.4 Å². The van der Waals surface area contributed by atoms with Gasteiger partial charge < -0.3 is 39.3 Å². The maximum atomic E-state index is 14.8. The number of likely N-dealkylation sites (tertiary alicyclic amines) is 1. The quantitative estimate of drug-likeness (QED) is 0.166. The summed E-state index contributed by atoms with van der Waals surface area (Å²) in [5, 5.41) is 11.8. The standard InChI is InChI=1S/C49H67N9O6S/c1-9-56-39-15-14-33-23-35(39)36(43(56)34-13-10-20-51-41(34)32(4)63-8)25-47(5,6)29-64-30-48(28-59)16-12-21-58(54-48)45(61)37(24-40-52-38(33)26-65-40)53-44(60)42(31(2)3)55(7)46(62)57-22-18-49(57)17-11-19-50-27-49/h10,13-15,20,23,26,28,31-32,37,42,50,54H,9,11-12,16-19,21-22,24-25,27,29-30H2,1-8H3,(H,53,60)/t32-,37-,42-,48-,49-/m0/s1. The number of nitrogens with zero attached hydrogens (tertiary/aromatic N) is 6. The first-order valence-corrected chi connectivity index (χ1v) is 24.3. The van der Waals surface area contributed by atoms with Crippen molar-refractivity contribution in [2.24, 2.45) is 11.3 Å². The number of rotatable bonds is 9. The largest absolute Gasteiger partial charge is 0.378 e. The lowest BCUT2D eigenvalue weighted by Gasteiger charge is -2.56. The molecule has 3 fully saturated rings. The van der Waals surface area contributed by atoms with E-state index in [0.717, 1.165) is 89.9 Å². The Bertz CT molecular complexity index is 2410. The average Bonchev–Trinajstić information content (AvgIpc) is 3.89. The molecule has 1 aromatic carbocycles. The van der Waals surface area contributed by atoms with Crippen LogP contribution in [0.5, 0.6) is 0 Å². The summed E-state index contributed by atoms with van der Waals surface area (Å²) in [7, 11) is 3.39. The van der Waals surface area contributed by atoms with Crippen LogP contribution >= 0.6 is 11.3 Å². The molecule has 0 radical (unpaired) electrons. The fraction of sp³-hybridized carbons (Fsp3) is 0.592. The molecule has 6 bridgehead atoms. The second kappa shape index (κ2) is 18.9. The molecule has 65 heavy (non-hydrogen) atoms. The second-order valence-electron chi connectivity index (χ2n) is 19.8. The van der Waals surface area contributed by atoms with Gasteiger partial charge in [0.2, 0.25) is 5.91 Å². The van der Waals surface area contributed by atoms with Crippen molar-refractivity contribution in [1.29, 1.82) is 0 Å². The van der Waals surface area contributed by atoms with Crippen LogP contribution in [-0.4, -0.2) is 130 Å². The van der Waals surface area contributed by atoms with Gasteiger partial charge in [0.15, 0.2) is 0 Å². The third-order valence-electron chi connectivity index (χ3n) is 14.2. The molecule has 3 saturated heterocycles. The number of urea groups is 1. The topological polar surface area (TPSA) is 163 Å². The first-order valence-electron chi connectivity index (χ1n) is 23.4. The first-order chi connectivity index (χ1) is 31.1. The Morgan fingerprint density at radius 3 is 2.63 bits per heavy atom. The molecule has 350 valence electrons. The summed E-state index contributed by atoms with van der Waals surface area (Å²) >= 11 is 1.44. The third kappa shape index (κ3) is 9.08. The summed E-state index contributed by atoms with van der Waals surface area (Å²) in [5.74, 6) is -1.05. The molecule has 16 heteroatoms. The maximum absolute atomic E-state index is 14.8. The number of hydrogen-bond acceptors (Lipinski definition) is 11. The SMILES string of the molecule is CCn1c(-c2cccnc2[C@H](C)OC)c2c3cc(ccc31)-c1csc(n1)C[C@H](NC(=O)[C@H](C(C)C)N(C)C(=O)N1CC[C@]13CCCNC3)C(=O)N1CCC[C@](C=O)(COCC(C)(C)C2)N1. The molecular formula is C49H67N9O6S. The molecule has 4 aliphatic heterocycles. The first kappa shape index (κ1) is 46.8. The van der Waals surface area contributed by atoms with E-state index in [0.29, 0.717) is 44.0 Å². The number of thiazole rings is 1. The molecule has 4 aromatic rings. The van der Waals surface area contributed by atoms with Crippen molar-refractivity contribution in [2.45, 2.75) is 122 Å². The highest BCUT2D eigenvalue weighted by Gasteiger charge is 2.50. The highest BCUT2D eigenvalue weighted by atomic mass is 32.1. The Labute approximate surface area is 387 Å². The lowest BCUT2D eigenvalue weighted by Crippen LogP contribution is -2.71. The maximum Gasteiger partial charge on any atom is 0.320 e. The van der Waals surface area contributed by atoms with Crippen molar-refractivity contribution in [1.82, 2.24) is 45.4 Å². The van der Waals surface area contributed by atoms with Crippen LogP contribution in [0.15, 0.2) is 41.9 Å². The minimum Gasteiger partial charge on any atom is -0.378 e. The lowest BCUT2D eigenvalue weighted by molar-refractivity contribution is -0.147. The van der Waals surface area contributed by atoms with E-state index in [1.54, 1.807) is 19.1 Å². The minimum atomic E-state index is -1.16. The van der Waals surface area contributed by atoms with E-state index in [1.807, 2.05) is 43.3 Å². The molecule has 7 heterocycles. The number of pyridine rings is 1. The number of carbonyl (C=O) groups excluding carboxylic acids is 4. The Kier molecular flexibility index (Phi) is 13.6. The van der Waals surface area contributed by atoms with E-state index in [9.17, 15) is 19.2 Å². The molecule has 15 nitrogen and oxygen atoms in total. The van der Waals surface area contributed by atoms with Gasteiger partial charge in [-0.15, -0.1) is 11.3 Å². The van der Waals surface area contributed by atoms with Gasteiger partial charge in [0.05, 0.1) is 46.9 Å². The van der Waals surface area contributed by atoms with Crippen molar-refractivity contribution in [3.05, 3.63) is 58.2 Å².